The van der Waals surface area contributed by atoms with E-state index in [2.05, 4.69) is 21.2 Å². The molecule has 0 atom stereocenters. The summed E-state index contributed by atoms with van der Waals surface area (Å²) in [6, 6.07) is 20.5. The fourth-order valence-electron chi connectivity index (χ4n) is 3.07. The van der Waals surface area contributed by atoms with Gasteiger partial charge in [0.25, 0.3) is 0 Å². The Morgan fingerprint density at radius 3 is 1.47 bits per heavy atom. The van der Waals surface area contributed by atoms with E-state index in [1.54, 1.807) is 62.8 Å². The molecule has 0 radical (unpaired) electrons. The molecule has 2 heterocycles. The third-order valence-electron chi connectivity index (χ3n) is 4.76. The standard InChI is InChI=1S/C22H19N8O5P/c1-32-19-7-3-17(4-8-19)29-21(11-15(13-23)25-29)27-34-36(31)35-28-22-12-16(14-24)26-30(22)18-5-9-20(33-2)10-6-18/h3-12,27-28,36H,1-2H3. The van der Waals surface area contributed by atoms with Gasteiger partial charge in [-0.2, -0.15) is 30.0 Å². The van der Waals surface area contributed by atoms with Crippen LogP contribution in [0, 0.1) is 22.7 Å². The molecule has 0 fully saturated rings. The molecule has 0 bridgehead atoms. The highest BCUT2D eigenvalue weighted by atomic mass is 31.1. The Labute approximate surface area is 205 Å². The molecule has 14 heteroatoms. The smallest absolute Gasteiger partial charge is 0.361 e. The minimum Gasteiger partial charge on any atom is -0.497 e. The van der Waals surface area contributed by atoms with Gasteiger partial charge in [-0.25, -0.2) is 20.3 Å². The quantitative estimate of drug-likeness (QED) is 0.239. The van der Waals surface area contributed by atoms with Crippen LogP contribution >= 0.6 is 8.25 Å². The average Bonchev–Trinajstić information content (AvgIpc) is 3.55. The van der Waals surface area contributed by atoms with Crippen molar-refractivity contribution in [2.75, 3.05) is 25.2 Å². The first kappa shape index (κ1) is 24.3. The van der Waals surface area contributed by atoms with Crippen LogP contribution in [0.15, 0.2) is 60.7 Å². The Hall–Kier alpha value is -4.81. The van der Waals surface area contributed by atoms with Crippen molar-refractivity contribution in [2.24, 2.45) is 0 Å². The number of rotatable bonds is 10. The lowest BCUT2D eigenvalue weighted by molar-refractivity contribution is 0.293. The number of ether oxygens (including phenoxy) is 2. The monoisotopic (exact) mass is 506 g/mol. The normalized spacial score (nSPS) is 10.5. The molecule has 0 spiro atoms. The highest BCUT2D eigenvalue weighted by Crippen LogP contribution is 2.28. The lowest BCUT2D eigenvalue weighted by Gasteiger charge is -2.12. The molecule has 0 aliphatic heterocycles. The Morgan fingerprint density at radius 2 is 1.14 bits per heavy atom. The largest absolute Gasteiger partial charge is 0.497 e. The molecule has 4 aromatic rings. The van der Waals surface area contributed by atoms with Crippen LogP contribution in [0.5, 0.6) is 11.5 Å². The number of hydrogen-bond acceptors (Lipinski definition) is 11. The van der Waals surface area contributed by atoms with E-state index >= 15 is 0 Å². The molecule has 0 aliphatic carbocycles. The summed E-state index contributed by atoms with van der Waals surface area (Å²) in [5.41, 5.74) is 6.45. The van der Waals surface area contributed by atoms with Crippen molar-refractivity contribution in [3.63, 3.8) is 0 Å². The van der Waals surface area contributed by atoms with Gasteiger partial charge in [0.15, 0.2) is 23.0 Å². The summed E-state index contributed by atoms with van der Waals surface area (Å²) in [5, 5.41) is 26.8. The van der Waals surface area contributed by atoms with Crippen molar-refractivity contribution in [3.8, 4) is 35.0 Å². The van der Waals surface area contributed by atoms with E-state index in [0.717, 1.165) is 0 Å². The molecular weight excluding hydrogens is 487 g/mol. The molecular formula is C22H19N8O5P. The number of nitrogens with one attached hydrogen (secondary N) is 2. The van der Waals surface area contributed by atoms with Gasteiger partial charge in [0.1, 0.15) is 23.6 Å². The molecule has 182 valence electrons. The topological polar surface area (TPSA) is 161 Å². The zero-order valence-electron chi connectivity index (χ0n) is 19.0. The summed E-state index contributed by atoms with van der Waals surface area (Å²) in [6.07, 6.45) is 0. The number of aromatic nitrogens is 4. The number of methoxy groups -OCH3 is 2. The average molecular weight is 506 g/mol. The molecule has 0 aliphatic rings. The summed E-state index contributed by atoms with van der Waals surface area (Å²) < 4.78 is 35.8. The second kappa shape index (κ2) is 11.1. The molecule has 2 aromatic heterocycles. The van der Waals surface area contributed by atoms with E-state index in [-0.39, 0.29) is 23.0 Å². The fraction of sp³-hybridized carbons (Fsp3) is 0.0909. The van der Waals surface area contributed by atoms with Crippen molar-refractivity contribution in [3.05, 3.63) is 72.1 Å². The van der Waals surface area contributed by atoms with Gasteiger partial charge in [0, 0.05) is 12.1 Å². The van der Waals surface area contributed by atoms with Crippen LogP contribution < -0.4 is 20.4 Å². The van der Waals surface area contributed by atoms with Crippen molar-refractivity contribution in [1.29, 1.82) is 10.5 Å². The van der Waals surface area contributed by atoms with E-state index in [1.807, 2.05) is 12.1 Å². The molecule has 36 heavy (non-hydrogen) atoms. The fourth-order valence-corrected chi connectivity index (χ4v) is 3.48. The molecule has 0 saturated heterocycles. The predicted octanol–water partition coefficient (Wildman–Crippen LogP) is 3.60. The number of hydrogen-bond donors (Lipinski definition) is 2. The molecule has 2 N–H and O–H groups in total. The molecule has 0 amide bonds. The SMILES string of the molecule is COc1ccc(-n2nc(C#N)cc2NO[PH](=O)ONc2cc(C#N)nn2-c2ccc(OC)cc2)cc1. The molecule has 13 nitrogen and oxygen atoms in total. The zero-order valence-corrected chi connectivity index (χ0v) is 20.0. The zero-order chi connectivity index (χ0) is 25.5. The van der Waals surface area contributed by atoms with E-state index in [1.165, 1.54) is 21.5 Å². The van der Waals surface area contributed by atoms with Crippen LogP contribution in [0.3, 0.4) is 0 Å². The van der Waals surface area contributed by atoms with Gasteiger partial charge in [0.2, 0.25) is 0 Å². The van der Waals surface area contributed by atoms with Gasteiger partial charge in [-0.15, -0.1) is 0 Å². The maximum atomic E-state index is 12.4. The number of nitrogens with zero attached hydrogens (tertiary/aromatic N) is 6. The van der Waals surface area contributed by atoms with E-state index < -0.39 is 8.25 Å². The van der Waals surface area contributed by atoms with E-state index in [0.29, 0.717) is 22.9 Å². The Morgan fingerprint density at radius 1 is 0.750 bits per heavy atom. The number of nitriles is 2. The summed E-state index contributed by atoms with van der Waals surface area (Å²) in [5.74, 6) is 1.78. The predicted molar refractivity (Wildman–Crippen MR) is 128 cm³/mol. The number of benzene rings is 2. The van der Waals surface area contributed by atoms with E-state index in [9.17, 15) is 15.1 Å². The first-order valence-electron chi connectivity index (χ1n) is 10.2. The molecule has 0 unspecified atom stereocenters. The Kier molecular flexibility index (Phi) is 7.48. The lowest BCUT2D eigenvalue weighted by Crippen LogP contribution is -2.07. The van der Waals surface area contributed by atoms with Crippen LogP contribution in [0.1, 0.15) is 11.4 Å². The lowest BCUT2D eigenvalue weighted by atomic mass is 10.3. The van der Waals surface area contributed by atoms with Crippen LogP contribution in [-0.2, 0) is 13.8 Å². The molecule has 0 saturated carbocycles. The summed E-state index contributed by atoms with van der Waals surface area (Å²) >= 11 is 0. The van der Waals surface area contributed by atoms with E-state index in [4.69, 9.17) is 18.7 Å². The highest BCUT2D eigenvalue weighted by molar-refractivity contribution is 7.33. The highest BCUT2D eigenvalue weighted by Gasteiger charge is 2.14. The summed E-state index contributed by atoms with van der Waals surface area (Å²) in [4.78, 5) is 0. The Balaban J connectivity index is 1.44. The second-order valence-electron chi connectivity index (χ2n) is 6.93. The second-order valence-corrected chi connectivity index (χ2v) is 7.84. The summed E-state index contributed by atoms with van der Waals surface area (Å²) in [6.45, 7) is 0. The first-order valence-corrected chi connectivity index (χ1v) is 11.5. The third-order valence-corrected chi connectivity index (χ3v) is 5.30. The van der Waals surface area contributed by atoms with Crippen molar-refractivity contribution in [2.45, 2.75) is 0 Å². The van der Waals surface area contributed by atoms with Gasteiger partial charge in [-0.1, -0.05) is 0 Å². The minimum absolute atomic E-state index is 0.114. The maximum absolute atomic E-state index is 12.4. The minimum atomic E-state index is -3.16. The van der Waals surface area contributed by atoms with Gasteiger partial charge in [0.05, 0.1) is 25.6 Å². The van der Waals surface area contributed by atoms with Crippen molar-refractivity contribution >= 4 is 19.9 Å². The first-order chi connectivity index (χ1) is 17.5. The van der Waals surface area contributed by atoms with Crippen LogP contribution in [0.4, 0.5) is 11.6 Å². The van der Waals surface area contributed by atoms with Gasteiger partial charge < -0.3 is 9.47 Å². The van der Waals surface area contributed by atoms with Crippen LogP contribution in [0.25, 0.3) is 11.4 Å². The third kappa shape index (κ3) is 5.46. The molecule has 2 aromatic carbocycles. The van der Waals surface area contributed by atoms with Gasteiger partial charge >= 0.3 is 8.25 Å². The van der Waals surface area contributed by atoms with Gasteiger partial charge in [-0.3, -0.25) is 4.57 Å². The van der Waals surface area contributed by atoms with Crippen LogP contribution in [0.2, 0.25) is 0 Å². The van der Waals surface area contributed by atoms with Crippen molar-refractivity contribution in [1.82, 2.24) is 19.6 Å². The summed E-state index contributed by atoms with van der Waals surface area (Å²) in [7, 11) is -0.0565. The maximum Gasteiger partial charge on any atom is 0.361 e. The van der Waals surface area contributed by atoms with Gasteiger partial charge in [-0.05, 0) is 48.5 Å². The van der Waals surface area contributed by atoms with Crippen molar-refractivity contribution < 1.29 is 23.3 Å². The Bertz CT molecular complexity index is 1340. The molecule has 4 rings (SSSR count). The van der Waals surface area contributed by atoms with Crippen LogP contribution in [-0.4, -0.2) is 33.8 Å². The number of anilines is 2.